The second kappa shape index (κ2) is 6.55. The third-order valence-electron chi connectivity index (χ3n) is 3.21. The smallest absolute Gasteiger partial charge is 0.284 e. The van der Waals surface area contributed by atoms with Crippen LogP contribution in [-0.2, 0) is 11.2 Å². The van der Waals surface area contributed by atoms with Crippen LogP contribution in [0.15, 0.2) is 48.8 Å². The number of nitrogens with zero attached hydrogens (tertiary/aromatic N) is 1. The van der Waals surface area contributed by atoms with E-state index in [-0.39, 0.29) is 12.3 Å². The molecule has 0 unspecified atom stereocenters. The van der Waals surface area contributed by atoms with Gasteiger partial charge in [0.2, 0.25) is 5.91 Å². The number of hydrogen-bond acceptors (Lipinski definition) is 5. The van der Waals surface area contributed by atoms with Crippen molar-refractivity contribution >= 4 is 38.9 Å². The summed E-state index contributed by atoms with van der Waals surface area (Å²) in [5.41, 5.74) is 3.10. The molecule has 0 radical (unpaired) electrons. The minimum Gasteiger partial charge on any atom is -0.326 e. The number of nitrogens with one attached hydrogen (secondary N) is 2. The number of carbonyl (C=O) groups is 2. The molecule has 6 nitrogen and oxygen atoms in total. The minimum absolute atomic E-state index is 0.138. The van der Waals surface area contributed by atoms with Crippen molar-refractivity contribution in [3.63, 3.8) is 0 Å². The summed E-state index contributed by atoms with van der Waals surface area (Å²) in [7, 11) is 0. The molecule has 2 amide bonds. The first-order valence-corrected chi connectivity index (χ1v) is 7.64. The van der Waals surface area contributed by atoms with Gasteiger partial charge in [-0.05, 0) is 41.3 Å². The van der Waals surface area contributed by atoms with Gasteiger partial charge >= 0.3 is 0 Å². The van der Waals surface area contributed by atoms with Crippen LogP contribution in [0.1, 0.15) is 15.2 Å². The van der Waals surface area contributed by atoms with Crippen molar-refractivity contribution in [3.8, 4) is 0 Å². The van der Waals surface area contributed by atoms with Crippen LogP contribution in [0.3, 0.4) is 0 Å². The fourth-order valence-electron chi connectivity index (χ4n) is 2.18. The van der Waals surface area contributed by atoms with Gasteiger partial charge in [-0.2, -0.15) is 0 Å². The molecule has 3 rings (SSSR count). The number of fused-ring (bicyclic) bond motifs is 1. The lowest BCUT2D eigenvalue weighted by molar-refractivity contribution is -0.115. The van der Waals surface area contributed by atoms with Crippen LogP contribution in [-0.4, -0.2) is 22.0 Å². The first kappa shape index (κ1) is 15.1. The number of thiophene rings is 1. The number of rotatable bonds is 4. The van der Waals surface area contributed by atoms with Crippen LogP contribution in [0.4, 0.5) is 5.69 Å². The Balaban J connectivity index is 1.75. The molecule has 3 N–H and O–H groups in total. The molecule has 2 aromatic heterocycles. The van der Waals surface area contributed by atoms with Gasteiger partial charge in [0.05, 0.1) is 11.3 Å². The lowest BCUT2D eigenvalue weighted by Gasteiger charge is -2.05. The second-order valence-electron chi connectivity index (χ2n) is 4.89. The Hall–Kier alpha value is -2.77. The lowest BCUT2D eigenvalue weighted by atomic mass is 10.2. The fourth-order valence-corrected chi connectivity index (χ4v) is 3.11. The van der Waals surface area contributed by atoms with Crippen molar-refractivity contribution in [2.45, 2.75) is 6.42 Å². The maximum atomic E-state index is 12.0. The molecule has 0 spiro atoms. The summed E-state index contributed by atoms with van der Waals surface area (Å²) >= 11 is 1.27. The molecule has 0 bridgehead atoms. The van der Waals surface area contributed by atoms with Gasteiger partial charge in [0.15, 0.2) is 0 Å². The van der Waals surface area contributed by atoms with Gasteiger partial charge in [0.25, 0.3) is 5.91 Å². The number of amides is 2. The zero-order chi connectivity index (χ0) is 16.2. The van der Waals surface area contributed by atoms with Gasteiger partial charge in [-0.25, -0.2) is 5.48 Å². The predicted molar refractivity (Wildman–Crippen MR) is 87.6 cm³/mol. The van der Waals surface area contributed by atoms with E-state index in [1.165, 1.54) is 11.3 Å². The van der Waals surface area contributed by atoms with E-state index in [9.17, 15) is 9.59 Å². The van der Waals surface area contributed by atoms with Crippen LogP contribution < -0.4 is 10.8 Å². The molecule has 3 aromatic rings. The normalized spacial score (nSPS) is 10.5. The monoisotopic (exact) mass is 327 g/mol. The Labute approximate surface area is 135 Å². The van der Waals surface area contributed by atoms with Crippen molar-refractivity contribution in [1.29, 1.82) is 0 Å². The summed E-state index contributed by atoms with van der Waals surface area (Å²) in [4.78, 5) is 27.8. The minimum atomic E-state index is -0.548. The number of hydroxylamine groups is 1. The standard InChI is InChI=1S/C16H13N3O3S/c20-15(6-10-2-1-5-17-9-10)18-12-3-4-13-11(7-12)8-14(23-13)16(21)19-22/h1-5,7-9,22H,6H2,(H,18,20)(H,19,21). The van der Waals surface area contributed by atoms with Gasteiger partial charge in [-0.1, -0.05) is 6.07 Å². The van der Waals surface area contributed by atoms with Crippen molar-refractivity contribution in [1.82, 2.24) is 10.5 Å². The van der Waals surface area contributed by atoms with Crippen molar-refractivity contribution in [3.05, 3.63) is 59.2 Å². The van der Waals surface area contributed by atoms with E-state index in [4.69, 9.17) is 5.21 Å². The fraction of sp³-hybridized carbons (Fsp3) is 0.0625. The van der Waals surface area contributed by atoms with Gasteiger partial charge in [-0.15, -0.1) is 11.3 Å². The van der Waals surface area contributed by atoms with Crippen LogP contribution in [0.5, 0.6) is 0 Å². The summed E-state index contributed by atoms with van der Waals surface area (Å²) in [6.45, 7) is 0. The molecule has 0 aliphatic rings. The quantitative estimate of drug-likeness (QED) is 0.507. The average molecular weight is 327 g/mol. The van der Waals surface area contributed by atoms with E-state index in [1.54, 1.807) is 42.1 Å². The molecular formula is C16H13N3O3S. The number of aromatic nitrogens is 1. The molecule has 7 heteroatoms. The zero-order valence-corrected chi connectivity index (χ0v) is 12.8. The van der Waals surface area contributed by atoms with E-state index in [0.717, 1.165) is 15.6 Å². The van der Waals surface area contributed by atoms with Gasteiger partial charge in [0.1, 0.15) is 0 Å². The molecular weight excluding hydrogens is 314 g/mol. The maximum Gasteiger partial charge on any atom is 0.284 e. The molecule has 0 aliphatic heterocycles. The predicted octanol–water partition coefficient (Wildman–Crippen LogP) is 2.60. The first-order chi connectivity index (χ1) is 11.2. The average Bonchev–Trinajstić information content (AvgIpc) is 2.98. The summed E-state index contributed by atoms with van der Waals surface area (Å²) in [6.07, 6.45) is 3.56. The SMILES string of the molecule is O=C(Cc1cccnc1)Nc1ccc2sc(C(=O)NO)cc2c1. The van der Waals surface area contributed by atoms with Gasteiger partial charge in [0, 0.05) is 22.8 Å². The van der Waals surface area contributed by atoms with E-state index >= 15 is 0 Å². The van der Waals surface area contributed by atoms with E-state index < -0.39 is 5.91 Å². The molecule has 0 saturated heterocycles. The topological polar surface area (TPSA) is 91.3 Å². The summed E-state index contributed by atoms with van der Waals surface area (Å²) < 4.78 is 0.897. The molecule has 0 atom stereocenters. The van der Waals surface area contributed by atoms with Crippen LogP contribution in [0.25, 0.3) is 10.1 Å². The first-order valence-electron chi connectivity index (χ1n) is 6.82. The largest absolute Gasteiger partial charge is 0.326 e. The third kappa shape index (κ3) is 3.53. The van der Waals surface area contributed by atoms with Gasteiger partial charge < -0.3 is 5.32 Å². The van der Waals surface area contributed by atoms with E-state index in [0.29, 0.717) is 10.6 Å². The van der Waals surface area contributed by atoms with Crippen LogP contribution in [0, 0.1) is 0 Å². The highest BCUT2D eigenvalue weighted by Crippen LogP contribution is 2.28. The molecule has 0 aliphatic carbocycles. The second-order valence-corrected chi connectivity index (χ2v) is 5.97. The molecule has 0 saturated carbocycles. The molecule has 1 aromatic carbocycles. The van der Waals surface area contributed by atoms with Crippen molar-refractivity contribution in [2.75, 3.05) is 5.32 Å². The van der Waals surface area contributed by atoms with Gasteiger partial charge in [-0.3, -0.25) is 19.8 Å². The van der Waals surface area contributed by atoms with Crippen LogP contribution >= 0.6 is 11.3 Å². The van der Waals surface area contributed by atoms with Crippen molar-refractivity contribution < 1.29 is 14.8 Å². The Kier molecular flexibility index (Phi) is 4.31. The number of pyridine rings is 1. The van der Waals surface area contributed by atoms with E-state index in [2.05, 4.69) is 10.3 Å². The van der Waals surface area contributed by atoms with E-state index in [1.807, 2.05) is 12.1 Å². The third-order valence-corrected chi connectivity index (χ3v) is 4.33. The summed E-state index contributed by atoms with van der Waals surface area (Å²) in [6, 6.07) is 10.7. The Bertz CT molecular complexity index is 861. The highest BCUT2D eigenvalue weighted by molar-refractivity contribution is 7.20. The highest BCUT2D eigenvalue weighted by Gasteiger charge is 2.10. The Morgan fingerprint density at radius 2 is 2.09 bits per heavy atom. The highest BCUT2D eigenvalue weighted by atomic mass is 32.1. The number of benzene rings is 1. The maximum absolute atomic E-state index is 12.0. The number of hydrogen-bond donors (Lipinski definition) is 3. The molecule has 116 valence electrons. The van der Waals surface area contributed by atoms with Crippen LogP contribution in [0.2, 0.25) is 0 Å². The van der Waals surface area contributed by atoms with Crippen molar-refractivity contribution in [2.24, 2.45) is 0 Å². The zero-order valence-electron chi connectivity index (χ0n) is 11.9. The molecule has 2 heterocycles. The molecule has 23 heavy (non-hydrogen) atoms. The number of anilines is 1. The molecule has 0 fully saturated rings. The summed E-state index contributed by atoms with van der Waals surface area (Å²) in [5, 5.41) is 12.3. The Morgan fingerprint density at radius 3 is 2.83 bits per heavy atom. The summed E-state index contributed by atoms with van der Waals surface area (Å²) in [5.74, 6) is -0.686. The Morgan fingerprint density at radius 1 is 1.22 bits per heavy atom. The number of carbonyl (C=O) groups excluding carboxylic acids is 2. The lowest BCUT2D eigenvalue weighted by Crippen LogP contribution is -2.16.